The third-order valence-corrected chi connectivity index (χ3v) is 2.16. The SMILES string of the molecule is CN(C)c1ccc(Nc2ccn[nH]2)cc1. The van der Waals surface area contributed by atoms with E-state index in [1.165, 1.54) is 5.69 Å². The molecule has 2 N–H and O–H groups in total. The van der Waals surface area contributed by atoms with E-state index in [0.717, 1.165) is 11.5 Å². The highest BCUT2D eigenvalue weighted by Crippen LogP contribution is 2.18. The summed E-state index contributed by atoms with van der Waals surface area (Å²) in [6.45, 7) is 0. The molecule has 0 fully saturated rings. The first kappa shape index (κ1) is 9.58. The van der Waals surface area contributed by atoms with Crippen molar-refractivity contribution in [1.82, 2.24) is 10.2 Å². The summed E-state index contributed by atoms with van der Waals surface area (Å²) in [5, 5.41) is 9.93. The van der Waals surface area contributed by atoms with Gasteiger partial charge in [-0.05, 0) is 24.3 Å². The maximum atomic E-state index is 3.87. The summed E-state index contributed by atoms with van der Waals surface area (Å²) in [5.41, 5.74) is 2.23. The van der Waals surface area contributed by atoms with E-state index < -0.39 is 0 Å². The molecule has 15 heavy (non-hydrogen) atoms. The third kappa shape index (κ3) is 2.28. The summed E-state index contributed by atoms with van der Waals surface area (Å²) < 4.78 is 0. The average molecular weight is 202 g/mol. The van der Waals surface area contributed by atoms with Gasteiger partial charge in [0.2, 0.25) is 0 Å². The van der Waals surface area contributed by atoms with Crippen molar-refractivity contribution in [3.05, 3.63) is 36.5 Å². The molecule has 78 valence electrons. The van der Waals surface area contributed by atoms with Crippen LogP contribution in [0.4, 0.5) is 17.2 Å². The number of hydrogen-bond acceptors (Lipinski definition) is 3. The highest BCUT2D eigenvalue weighted by molar-refractivity contribution is 5.60. The summed E-state index contributed by atoms with van der Waals surface area (Å²) in [7, 11) is 4.05. The Labute approximate surface area is 88.9 Å². The normalized spacial score (nSPS) is 10.0. The summed E-state index contributed by atoms with van der Waals surface area (Å²) in [6, 6.07) is 10.1. The second-order valence-corrected chi connectivity index (χ2v) is 3.54. The number of H-pyrrole nitrogens is 1. The van der Waals surface area contributed by atoms with Crippen molar-refractivity contribution >= 4 is 17.2 Å². The standard InChI is InChI=1S/C11H14N4/c1-15(2)10-5-3-9(4-6-10)13-11-7-8-12-14-11/h3-8H,1-2H3,(H2,12,13,14). The van der Waals surface area contributed by atoms with Gasteiger partial charge in [0.1, 0.15) is 5.82 Å². The maximum Gasteiger partial charge on any atom is 0.125 e. The molecular weight excluding hydrogens is 188 g/mol. The Hall–Kier alpha value is -1.97. The number of rotatable bonds is 3. The molecule has 2 rings (SSSR count). The van der Waals surface area contributed by atoms with Gasteiger partial charge in [0.15, 0.2) is 0 Å². The molecule has 0 bridgehead atoms. The summed E-state index contributed by atoms with van der Waals surface area (Å²) in [4.78, 5) is 2.07. The quantitative estimate of drug-likeness (QED) is 0.802. The van der Waals surface area contributed by atoms with E-state index in [4.69, 9.17) is 0 Å². The third-order valence-electron chi connectivity index (χ3n) is 2.16. The molecule has 0 saturated heterocycles. The van der Waals surface area contributed by atoms with Crippen LogP contribution in [0.1, 0.15) is 0 Å². The van der Waals surface area contributed by atoms with Gasteiger partial charge in [-0.3, -0.25) is 5.10 Å². The van der Waals surface area contributed by atoms with Gasteiger partial charge in [-0.1, -0.05) is 0 Å². The minimum atomic E-state index is 0.896. The number of aromatic amines is 1. The first-order valence-corrected chi connectivity index (χ1v) is 4.79. The van der Waals surface area contributed by atoms with Gasteiger partial charge in [0.05, 0.1) is 6.20 Å². The Balaban J connectivity index is 2.11. The molecule has 0 aliphatic rings. The van der Waals surface area contributed by atoms with Crippen LogP contribution in [0.15, 0.2) is 36.5 Å². The van der Waals surface area contributed by atoms with E-state index in [-0.39, 0.29) is 0 Å². The van der Waals surface area contributed by atoms with Crippen LogP contribution in [-0.2, 0) is 0 Å². The molecule has 1 heterocycles. The predicted octanol–water partition coefficient (Wildman–Crippen LogP) is 2.22. The van der Waals surface area contributed by atoms with E-state index in [1.807, 2.05) is 32.3 Å². The van der Waals surface area contributed by atoms with Crippen LogP contribution in [0.5, 0.6) is 0 Å². The fourth-order valence-corrected chi connectivity index (χ4v) is 1.32. The number of nitrogens with one attached hydrogen (secondary N) is 2. The summed E-state index contributed by atoms with van der Waals surface area (Å²) in [5.74, 6) is 0.896. The fraction of sp³-hybridized carbons (Fsp3) is 0.182. The predicted molar refractivity (Wildman–Crippen MR) is 62.6 cm³/mol. The Morgan fingerprint density at radius 1 is 1.13 bits per heavy atom. The van der Waals surface area contributed by atoms with E-state index >= 15 is 0 Å². The Bertz CT molecular complexity index is 403. The van der Waals surface area contributed by atoms with Crippen LogP contribution in [0.25, 0.3) is 0 Å². The molecule has 0 saturated carbocycles. The van der Waals surface area contributed by atoms with Crippen molar-refractivity contribution in [2.45, 2.75) is 0 Å². The Morgan fingerprint density at radius 3 is 2.40 bits per heavy atom. The first-order valence-electron chi connectivity index (χ1n) is 4.79. The van der Waals surface area contributed by atoms with Gasteiger partial charge in [0.25, 0.3) is 0 Å². The minimum Gasteiger partial charge on any atom is -0.378 e. The second-order valence-electron chi connectivity index (χ2n) is 3.54. The fourth-order valence-electron chi connectivity index (χ4n) is 1.32. The van der Waals surface area contributed by atoms with Crippen molar-refractivity contribution < 1.29 is 0 Å². The lowest BCUT2D eigenvalue weighted by molar-refractivity contribution is 1.09. The molecular formula is C11H14N4. The number of anilines is 3. The zero-order valence-electron chi connectivity index (χ0n) is 8.86. The van der Waals surface area contributed by atoms with E-state index in [2.05, 4.69) is 32.5 Å². The summed E-state index contributed by atoms with van der Waals surface area (Å²) >= 11 is 0. The molecule has 1 aromatic heterocycles. The highest BCUT2D eigenvalue weighted by Gasteiger charge is 1.97. The summed E-state index contributed by atoms with van der Waals surface area (Å²) in [6.07, 6.45) is 1.72. The molecule has 0 radical (unpaired) electrons. The van der Waals surface area contributed by atoms with Crippen molar-refractivity contribution in [2.75, 3.05) is 24.3 Å². The van der Waals surface area contributed by atoms with Crippen LogP contribution in [-0.4, -0.2) is 24.3 Å². The van der Waals surface area contributed by atoms with E-state index in [1.54, 1.807) is 6.20 Å². The minimum absolute atomic E-state index is 0.896. The topological polar surface area (TPSA) is 44.0 Å². The molecule has 4 heteroatoms. The van der Waals surface area contributed by atoms with E-state index in [9.17, 15) is 0 Å². The highest BCUT2D eigenvalue weighted by atomic mass is 15.2. The number of nitrogens with zero attached hydrogens (tertiary/aromatic N) is 2. The zero-order valence-corrected chi connectivity index (χ0v) is 8.86. The Kier molecular flexibility index (Phi) is 2.58. The van der Waals surface area contributed by atoms with Crippen molar-refractivity contribution in [1.29, 1.82) is 0 Å². The van der Waals surface area contributed by atoms with Crippen LogP contribution in [0.2, 0.25) is 0 Å². The molecule has 4 nitrogen and oxygen atoms in total. The number of benzene rings is 1. The van der Waals surface area contributed by atoms with Crippen LogP contribution < -0.4 is 10.2 Å². The number of aromatic nitrogens is 2. The van der Waals surface area contributed by atoms with Crippen molar-refractivity contribution in [2.24, 2.45) is 0 Å². The van der Waals surface area contributed by atoms with Gasteiger partial charge in [-0.2, -0.15) is 5.10 Å². The van der Waals surface area contributed by atoms with Gasteiger partial charge in [0, 0.05) is 31.5 Å². The number of hydrogen-bond donors (Lipinski definition) is 2. The van der Waals surface area contributed by atoms with Gasteiger partial charge < -0.3 is 10.2 Å². The monoisotopic (exact) mass is 202 g/mol. The lowest BCUT2D eigenvalue weighted by Gasteiger charge is -2.12. The smallest absolute Gasteiger partial charge is 0.125 e. The second kappa shape index (κ2) is 4.04. The van der Waals surface area contributed by atoms with Crippen molar-refractivity contribution in [3.63, 3.8) is 0 Å². The zero-order chi connectivity index (χ0) is 10.7. The van der Waals surface area contributed by atoms with E-state index in [0.29, 0.717) is 0 Å². The first-order chi connectivity index (χ1) is 7.25. The van der Waals surface area contributed by atoms with Gasteiger partial charge >= 0.3 is 0 Å². The molecule has 0 amide bonds. The Morgan fingerprint density at radius 2 is 1.87 bits per heavy atom. The van der Waals surface area contributed by atoms with Crippen LogP contribution in [0, 0.1) is 0 Å². The molecule has 0 unspecified atom stereocenters. The van der Waals surface area contributed by atoms with Gasteiger partial charge in [-0.15, -0.1) is 0 Å². The van der Waals surface area contributed by atoms with Crippen LogP contribution in [0.3, 0.4) is 0 Å². The average Bonchev–Trinajstić information content (AvgIpc) is 2.71. The van der Waals surface area contributed by atoms with Crippen LogP contribution >= 0.6 is 0 Å². The molecule has 1 aromatic carbocycles. The van der Waals surface area contributed by atoms with Crippen molar-refractivity contribution in [3.8, 4) is 0 Å². The molecule has 0 atom stereocenters. The lowest BCUT2D eigenvalue weighted by Crippen LogP contribution is -2.08. The molecule has 0 aliphatic heterocycles. The molecule has 0 aliphatic carbocycles. The largest absolute Gasteiger partial charge is 0.378 e. The lowest BCUT2D eigenvalue weighted by atomic mass is 10.2. The maximum absolute atomic E-state index is 3.87. The van der Waals surface area contributed by atoms with Gasteiger partial charge in [-0.25, -0.2) is 0 Å². The molecule has 0 spiro atoms. The molecule has 2 aromatic rings.